The van der Waals surface area contributed by atoms with E-state index < -0.39 is 5.91 Å². The average Bonchev–Trinajstić information content (AvgIpc) is 3.16. The Bertz CT molecular complexity index is 1060. The molecule has 3 aromatic rings. The van der Waals surface area contributed by atoms with Crippen molar-refractivity contribution in [3.05, 3.63) is 83.1 Å². The number of hydroxylamine groups is 1. The second-order valence-electron chi connectivity index (χ2n) is 7.66. The highest BCUT2D eigenvalue weighted by atomic mass is 16.5. The number of aromatic nitrogens is 2. The van der Waals surface area contributed by atoms with Gasteiger partial charge in [0.1, 0.15) is 0 Å². The normalized spacial score (nSPS) is 14.1. The van der Waals surface area contributed by atoms with Crippen molar-refractivity contribution in [3.63, 3.8) is 0 Å². The van der Waals surface area contributed by atoms with Gasteiger partial charge in [0.05, 0.1) is 5.69 Å². The van der Waals surface area contributed by atoms with Crippen molar-refractivity contribution in [1.29, 1.82) is 0 Å². The van der Waals surface area contributed by atoms with E-state index in [-0.39, 0.29) is 0 Å². The molecule has 1 aliphatic rings. The Labute approximate surface area is 176 Å². The van der Waals surface area contributed by atoms with E-state index in [2.05, 4.69) is 52.6 Å². The Morgan fingerprint density at radius 1 is 1.20 bits per heavy atom. The lowest BCUT2D eigenvalue weighted by Gasteiger charge is -2.29. The first-order valence-electron chi connectivity index (χ1n) is 10.2. The summed E-state index contributed by atoms with van der Waals surface area (Å²) in [4.78, 5) is 13.6. The molecule has 1 aromatic heterocycles. The molecule has 6 heteroatoms. The number of aryl methyl sites for hydroxylation is 1. The number of nitrogens with one attached hydrogen (secondary N) is 1. The van der Waals surface area contributed by atoms with Crippen LogP contribution in [0.2, 0.25) is 0 Å². The third-order valence-electron chi connectivity index (χ3n) is 5.51. The van der Waals surface area contributed by atoms with Crippen LogP contribution in [-0.4, -0.2) is 38.9 Å². The van der Waals surface area contributed by atoms with Crippen molar-refractivity contribution in [1.82, 2.24) is 20.2 Å². The number of amides is 1. The molecular formula is C24H26N4O2. The van der Waals surface area contributed by atoms with Crippen LogP contribution in [0.25, 0.3) is 17.3 Å². The minimum Gasteiger partial charge on any atom is -0.298 e. The van der Waals surface area contributed by atoms with Gasteiger partial charge in [-0.2, -0.15) is 5.10 Å². The minimum atomic E-state index is -0.524. The van der Waals surface area contributed by atoms with Crippen molar-refractivity contribution in [3.8, 4) is 11.3 Å². The highest BCUT2D eigenvalue weighted by Gasteiger charge is 2.17. The first kappa shape index (κ1) is 20.1. The zero-order valence-electron chi connectivity index (χ0n) is 17.1. The molecule has 0 saturated carbocycles. The molecule has 0 fully saturated rings. The Morgan fingerprint density at radius 2 is 2.03 bits per heavy atom. The Hall–Kier alpha value is -3.22. The van der Waals surface area contributed by atoms with Crippen LogP contribution in [-0.2, 0) is 31.2 Å². The highest BCUT2D eigenvalue weighted by Crippen LogP contribution is 2.24. The molecule has 4 rings (SSSR count). The number of carbonyl (C=O) groups excluding carboxylic acids is 1. The summed E-state index contributed by atoms with van der Waals surface area (Å²) in [6, 6.07) is 16.6. The quantitative estimate of drug-likeness (QED) is 0.377. The number of fused-ring (bicyclic) bond motifs is 1. The van der Waals surface area contributed by atoms with E-state index in [1.54, 1.807) is 11.6 Å². The topological polar surface area (TPSA) is 70.4 Å². The largest absolute Gasteiger partial charge is 0.298 e. The van der Waals surface area contributed by atoms with E-state index in [1.165, 1.54) is 22.8 Å². The monoisotopic (exact) mass is 402 g/mol. The molecule has 2 aromatic carbocycles. The van der Waals surface area contributed by atoms with Crippen LogP contribution in [0.15, 0.2) is 60.8 Å². The summed E-state index contributed by atoms with van der Waals surface area (Å²) in [5.74, 6) is -0.524. The van der Waals surface area contributed by atoms with Gasteiger partial charge in [-0.15, -0.1) is 0 Å². The lowest BCUT2D eigenvalue weighted by Crippen LogP contribution is -2.32. The fourth-order valence-electron chi connectivity index (χ4n) is 3.97. The van der Waals surface area contributed by atoms with Crippen LogP contribution in [0, 0.1) is 0 Å². The lowest BCUT2D eigenvalue weighted by molar-refractivity contribution is -0.124. The van der Waals surface area contributed by atoms with Crippen LogP contribution >= 0.6 is 0 Å². The zero-order chi connectivity index (χ0) is 20.9. The van der Waals surface area contributed by atoms with Crippen LogP contribution in [0.5, 0.6) is 0 Å². The fourth-order valence-corrected chi connectivity index (χ4v) is 3.97. The Balaban J connectivity index is 1.41. The number of hydrogen-bond donors (Lipinski definition) is 2. The summed E-state index contributed by atoms with van der Waals surface area (Å²) < 4.78 is 1.90. The molecule has 6 nitrogen and oxygen atoms in total. The van der Waals surface area contributed by atoms with Crippen LogP contribution in [0.3, 0.4) is 0 Å². The molecule has 0 radical (unpaired) electrons. The molecule has 0 bridgehead atoms. The number of hydrogen-bond acceptors (Lipinski definition) is 4. The number of rotatable bonds is 6. The van der Waals surface area contributed by atoms with Crippen molar-refractivity contribution >= 4 is 12.0 Å². The van der Waals surface area contributed by atoms with Gasteiger partial charge in [-0.1, -0.05) is 48.5 Å². The van der Waals surface area contributed by atoms with Crippen LogP contribution in [0.1, 0.15) is 22.3 Å². The van der Waals surface area contributed by atoms with Crippen molar-refractivity contribution in [2.45, 2.75) is 19.4 Å². The smallest absolute Gasteiger partial charge is 0.267 e. The van der Waals surface area contributed by atoms with Crippen LogP contribution in [0.4, 0.5) is 0 Å². The summed E-state index contributed by atoms with van der Waals surface area (Å²) in [5.41, 5.74) is 8.73. The van der Waals surface area contributed by atoms with Gasteiger partial charge >= 0.3 is 0 Å². The van der Waals surface area contributed by atoms with Crippen molar-refractivity contribution in [2.24, 2.45) is 7.05 Å². The van der Waals surface area contributed by atoms with Gasteiger partial charge in [-0.05, 0) is 41.2 Å². The molecule has 2 N–H and O–H groups in total. The third-order valence-corrected chi connectivity index (χ3v) is 5.51. The Kier molecular flexibility index (Phi) is 6.07. The molecule has 0 saturated heterocycles. The van der Waals surface area contributed by atoms with Gasteiger partial charge in [0, 0.05) is 44.5 Å². The molecule has 1 amide bonds. The summed E-state index contributed by atoms with van der Waals surface area (Å²) in [6.07, 6.45) is 7.12. The molecule has 0 atom stereocenters. The van der Waals surface area contributed by atoms with Gasteiger partial charge in [-0.3, -0.25) is 19.6 Å². The molecule has 0 spiro atoms. The summed E-state index contributed by atoms with van der Waals surface area (Å²) in [6.45, 7) is 2.93. The Morgan fingerprint density at radius 3 is 2.83 bits per heavy atom. The maximum absolute atomic E-state index is 11.2. The predicted molar refractivity (Wildman–Crippen MR) is 117 cm³/mol. The van der Waals surface area contributed by atoms with E-state index in [9.17, 15) is 4.79 Å². The van der Waals surface area contributed by atoms with E-state index in [0.717, 1.165) is 49.3 Å². The predicted octanol–water partition coefficient (Wildman–Crippen LogP) is 3.21. The van der Waals surface area contributed by atoms with Gasteiger partial charge in [0.15, 0.2) is 0 Å². The summed E-state index contributed by atoms with van der Waals surface area (Å²) in [5, 5.41) is 13.3. The molecule has 154 valence electrons. The number of nitrogens with zero attached hydrogens (tertiary/aromatic N) is 3. The SMILES string of the molecule is Cn1cc(CCN2CCc3cc(/C=C/C(=O)NO)ccc3C2)c(-c2ccccc2)n1. The minimum absolute atomic E-state index is 0.524. The van der Waals surface area contributed by atoms with Gasteiger partial charge in [-0.25, -0.2) is 5.48 Å². The fraction of sp³-hybridized carbons (Fsp3) is 0.250. The standard InChI is InChI=1S/C24H26N4O2/c1-27-16-22(24(25-27)19-5-3-2-4-6-19)12-14-28-13-11-20-15-18(7-9-21(20)17-28)8-10-23(29)26-30/h2-10,15-16,30H,11-14,17H2,1H3,(H,26,29)/b10-8+. The molecular weight excluding hydrogens is 376 g/mol. The second kappa shape index (κ2) is 9.07. The maximum atomic E-state index is 11.2. The van der Waals surface area contributed by atoms with E-state index in [0.29, 0.717) is 0 Å². The van der Waals surface area contributed by atoms with Crippen LogP contribution < -0.4 is 5.48 Å². The summed E-state index contributed by atoms with van der Waals surface area (Å²) >= 11 is 0. The molecule has 0 unspecified atom stereocenters. The van der Waals surface area contributed by atoms with Gasteiger partial charge in [0.2, 0.25) is 0 Å². The lowest BCUT2D eigenvalue weighted by atomic mass is 9.96. The first-order valence-corrected chi connectivity index (χ1v) is 10.2. The second-order valence-corrected chi connectivity index (χ2v) is 7.66. The first-order chi connectivity index (χ1) is 14.6. The highest BCUT2D eigenvalue weighted by molar-refractivity contribution is 5.90. The number of carbonyl (C=O) groups is 1. The molecule has 30 heavy (non-hydrogen) atoms. The number of benzene rings is 2. The molecule has 1 aliphatic heterocycles. The average molecular weight is 402 g/mol. The molecule has 2 heterocycles. The maximum Gasteiger partial charge on any atom is 0.267 e. The molecule has 0 aliphatic carbocycles. The summed E-state index contributed by atoms with van der Waals surface area (Å²) in [7, 11) is 1.98. The third kappa shape index (κ3) is 4.67. The van der Waals surface area contributed by atoms with E-state index >= 15 is 0 Å². The van der Waals surface area contributed by atoms with Crippen molar-refractivity contribution in [2.75, 3.05) is 13.1 Å². The van der Waals surface area contributed by atoms with E-state index in [4.69, 9.17) is 5.21 Å². The van der Waals surface area contributed by atoms with Crippen molar-refractivity contribution < 1.29 is 10.0 Å². The van der Waals surface area contributed by atoms with Gasteiger partial charge in [0.25, 0.3) is 5.91 Å². The van der Waals surface area contributed by atoms with E-state index in [1.807, 2.05) is 23.9 Å². The zero-order valence-corrected chi connectivity index (χ0v) is 17.1. The van der Waals surface area contributed by atoms with Gasteiger partial charge < -0.3 is 0 Å².